The minimum absolute atomic E-state index is 0.00745. The maximum Gasteiger partial charge on any atom is 0.338 e. The molecule has 0 spiro atoms. The van der Waals surface area contributed by atoms with Crippen LogP contribution >= 0.6 is 0 Å². The number of oxime groups is 1. The standard InChI is InChI=1S/C18H20N4O4S/c19-17(16-8-4-5-11-20-16)21-26-18(23)14-9-12-22(13-10-14)27(24,25)15-6-2-1-3-7-15/h1-8,11,14H,9-10,12-13H2,(H2,19,21). The molecule has 0 radical (unpaired) electrons. The van der Waals surface area contributed by atoms with E-state index in [2.05, 4.69) is 10.1 Å². The molecule has 8 nitrogen and oxygen atoms in total. The Hall–Kier alpha value is -2.78. The number of nitrogens with two attached hydrogens (primary N) is 1. The van der Waals surface area contributed by atoms with Gasteiger partial charge in [0.25, 0.3) is 0 Å². The van der Waals surface area contributed by atoms with E-state index in [9.17, 15) is 13.2 Å². The first-order chi connectivity index (χ1) is 13.0. The topological polar surface area (TPSA) is 115 Å². The highest BCUT2D eigenvalue weighted by Crippen LogP contribution is 2.24. The van der Waals surface area contributed by atoms with Crippen molar-refractivity contribution in [2.45, 2.75) is 17.7 Å². The van der Waals surface area contributed by atoms with E-state index in [1.54, 1.807) is 54.7 Å². The molecule has 0 unspecified atom stereocenters. The highest BCUT2D eigenvalue weighted by Gasteiger charge is 2.33. The van der Waals surface area contributed by atoms with Gasteiger partial charge in [-0.2, -0.15) is 4.31 Å². The number of carbonyl (C=O) groups excluding carboxylic acids is 1. The average Bonchev–Trinajstić information content (AvgIpc) is 2.73. The molecule has 0 saturated carbocycles. The molecule has 1 aromatic heterocycles. The van der Waals surface area contributed by atoms with Gasteiger partial charge in [0.05, 0.1) is 10.8 Å². The maximum absolute atomic E-state index is 12.6. The van der Waals surface area contributed by atoms with Gasteiger partial charge in [0.15, 0.2) is 5.84 Å². The van der Waals surface area contributed by atoms with E-state index in [-0.39, 0.29) is 23.8 Å². The first-order valence-corrected chi connectivity index (χ1v) is 9.93. The minimum atomic E-state index is -3.55. The van der Waals surface area contributed by atoms with Crippen LogP contribution in [0, 0.1) is 5.92 Å². The van der Waals surface area contributed by atoms with Crippen molar-refractivity contribution in [3.05, 3.63) is 60.4 Å². The molecule has 0 aliphatic carbocycles. The van der Waals surface area contributed by atoms with Gasteiger partial charge in [-0.1, -0.05) is 29.4 Å². The van der Waals surface area contributed by atoms with E-state index in [0.29, 0.717) is 18.5 Å². The smallest absolute Gasteiger partial charge is 0.338 e. The molecule has 1 fully saturated rings. The van der Waals surface area contributed by atoms with Crippen molar-refractivity contribution >= 4 is 21.8 Å². The van der Waals surface area contributed by atoms with Gasteiger partial charge in [-0.25, -0.2) is 13.2 Å². The van der Waals surface area contributed by atoms with Crippen molar-refractivity contribution in [3.8, 4) is 0 Å². The first kappa shape index (κ1) is 19.0. The number of pyridine rings is 1. The lowest BCUT2D eigenvalue weighted by molar-refractivity contribution is -0.149. The molecule has 2 aromatic rings. The lowest BCUT2D eigenvalue weighted by Gasteiger charge is -2.29. The zero-order chi connectivity index (χ0) is 19.3. The minimum Gasteiger partial charge on any atom is -0.379 e. The summed E-state index contributed by atoms with van der Waals surface area (Å²) in [4.78, 5) is 21.4. The highest BCUT2D eigenvalue weighted by molar-refractivity contribution is 7.89. The number of rotatable bonds is 5. The quantitative estimate of drug-likeness (QED) is 0.358. The van der Waals surface area contributed by atoms with Crippen LogP contribution in [0.15, 0.2) is 64.8 Å². The second-order valence-electron chi connectivity index (χ2n) is 6.09. The van der Waals surface area contributed by atoms with Crippen LogP contribution in [-0.4, -0.2) is 42.6 Å². The predicted molar refractivity (Wildman–Crippen MR) is 99.0 cm³/mol. The molecule has 142 valence electrons. The van der Waals surface area contributed by atoms with Crippen molar-refractivity contribution < 1.29 is 18.0 Å². The molecular formula is C18H20N4O4S. The number of hydrogen-bond acceptors (Lipinski definition) is 6. The van der Waals surface area contributed by atoms with Crippen LogP contribution in [0.1, 0.15) is 18.5 Å². The molecule has 27 heavy (non-hydrogen) atoms. The summed E-state index contributed by atoms with van der Waals surface area (Å²) in [6.07, 6.45) is 2.29. The van der Waals surface area contributed by atoms with Crippen LogP contribution in [0.3, 0.4) is 0 Å². The molecule has 0 atom stereocenters. The van der Waals surface area contributed by atoms with Crippen LogP contribution in [0.25, 0.3) is 0 Å². The molecule has 1 saturated heterocycles. The zero-order valence-electron chi connectivity index (χ0n) is 14.6. The van der Waals surface area contributed by atoms with Gasteiger partial charge in [-0.3, -0.25) is 4.98 Å². The third kappa shape index (κ3) is 4.50. The van der Waals surface area contributed by atoms with Gasteiger partial charge >= 0.3 is 5.97 Å². The van der Waals surface area contributed by atoms with Gasteiger partial charge in [0, 0.05) is 19.3 Å². The van der Waals surface area contributed by atoms with Gasteiger partial charge in [-0.05, 0) is 37.1 Å². The number of benzene rings is 1. The van der Waals surface area contributed by atoms with Gasteiger partial charge in [0.2, 0.25) is 10.0 Å². The lowest BCUT2D eigenvalue weighted by atomic mass is 9.99. The monoisotopic (exact) mass is 388 g/mol. The Morgan fingerprint density at radius 3 is 2.41 bits per heavy atom. The number of amidine groups is 1. The maximum atomic E-state index is 12.6. The number of piperidine rings is 1. The molecule has 0 bridgehead atoms. The van der Waals surface area contributed by atoms with E-state index in [0.717, 1.165) is 0 Å². The van der Waals surface area contributed by atoms with Gasteiger partial charge in [0.1, 0.15) is 5.69 Å². The van der Waals surface area contributed by atoms with Crippen LogP contribution in [0.5, 0.6) is 0 Å². The Morgan fingerprint density at radius 1 is 1.11 bits per heavy atom. The molecule has 1 aromatic carbocycles. The summed E-state index contributed by atoms with van der Waals surface area (Å²) in [6.45, 7) is 0.493. The van der Waals surface area contributed by atoms with E-state index in [4.69, 9.17) is 10.6 Å². The molecule has 2 heterocycles. The normalized spacial score (nSPS) is 16.8. The van der Waals surface area contributed by atoms with Gasteiger partial charge < -0.3 is 10.6 Å². The Morgan fingerprint density at radius 2 is 1.78 bits per heavy atom. The fraction of sp³-hybridized carbons (Fsp3) is 0.278. The largest absolute Gasteiger partial charge is 0.379 e. The van der Waals surface area contributed by atoms with E-state index in [1.807, 2.05) is 0 Å². The zero-order valence-corrected chi connectivity index (χ0v) is 15.4. The molecule has 2 N–H and O–H groups in total. The van der Waals surface area contributed by atoms with E-state index in [1.165, 1.54) is 4.31 Å². The molecule has 0 amide bonds. The van der Waals surface area contributed by atoms with Crippen LogP contribution in [-0.2, 0) is 19.7 Å². The van der Waals surface area contributed by atoms with Crippen molar-refractivity contribution in [1.29, 1.82) is 0 Å². The summed E-state index contributed by atoms with van der Waals surface area (Å²) in [7, 11) is -3.55. The Balaban J connectivity index is 1.57. The first-order valence-electron chi connectivity index (χ1n) is 8.49. The van der Waals surface area contributed by atoms with E-state index >= 15 is 0 Å². The SMILES string of the molecule is N/C(=N\OC(=O)C1CCN(S(=O)(=O)c2ccccc2)CC1)c1ccccn1. The number of sulfonamides is 1. The van der Waals surface area contributed by atoms with Crippen LogP contribution < -0.4 is 5.73 Å². The van der Waals surface area contributed by atoms with E-state index < -0.39 is 21.9 Å². The van der Waals surface area contributed by atoms with Gasteiger partial charge in [-0.15, -0.1) is 0 Å². The van der Waals surface area contributed by atoms with Crippen molar-refractivity contribution in [3.63, 3.8) is 0 Å². The van der Waals surface area contributed by atoms with Crippen molar-refractivity contribution in [2.75, 3.05) is 13.1 Å². The summed E-state index contributed by atoms with van der Waals surface area (Å²) in [5, 5.41) is 3.64. The summed E-state index contributed by atoms with van der Waals surface area (Å²) in [5.41, 5.74) is 6.15. The van der Waals surface area contributed by atoms with Crippen LogP contribution in [0.2, 0.25) is 0 Å². The second-order valence-corrected chi connectivity index (χ2v) is 8.03. The van der Waals surface area contributed by atoms with Crippen molar-refractivity contribution in [1.82, 2.24) is 9.29 Å². The van der Waals surface area contributed by atoms with Crippen molar-refractivity contribution in [2.24, 2.45) is 16.8 Å². The Labute approximate surface area is 157 Å². The fourth-order valence-corrected chi connectivity index (χ4v) is 4.29. The Bertz CT molecular complexity index is 909. The summed E-state index contributed by atoms with van der Waals surface area (Å²) in [6, 6.07) is 13.4. The molecular weight excluding hydrogens is 368 g/mol. The fourth-order valence-electron chi connectivity index (χ4n) is 2.80. The molecule has 1 aliphatic heterocycles. The third-order valence-electron chi connectivity index (χ3n) is 4.33. The second kappa shape index (κ2) is 8.28. The molecule has 3 rings (SSSR count). The number of hydrogen-bond donors (Lipinski definition) is 1. The summed E-state index contributed by atoms with van der Waals surface area (Å²) >= 11 is 0. The van der Waals surface area contributed by atoms with Crippen LogP contribution in [0.4, 0.5) is 0 Å². The molecule has 1 aliphatic rings. The highest BCUT2D eigenvalue weighted by atomic mass is 32.2. The molecule has 9 heteroatoms. The predicted octanol–water partition coefficient (Wildman–Crippen LogP) is 1.35. The lowest BCUT2D eigenvalue weighted by Crippen LogP contribution is -2.40. The number of aromatic nitrogens is 1. The third-order valence-corrected chi connectivity index (χ3v) is 6.24. The summed E-state index contributed by atoms with van der Waals surface area (Å²) in [5.74, 6) is -0.939. The summed E-state index contributed by atoms with van der Waals surface area (Å²) < 4.78 is 26.6. The Kier molecular flexibility index (Phi) is 5.82. The number of nitrogens with zero attached hydrogens (tertiary/aromatic N) is 3. The number of carbonyl (C=O) groups is 1. The average molecular weight is 388 g/mol.